The maximum atomic E-state index is 12.5. The van der Waals surface area contributed by atoms with Crippen LogP contribution in [0.2, 0.25) is 0 Å². The Morgan fingerprint density at radius 3 is 2.39 bits per heavy atom. The highest BCUT2D eigenvalue weighted by molar-refractivity contribution is 5.81. The molecule has 128 valence electrons. The number of carbonyl (C=O) groups is 1. The number of carbonyl (C=O) groups excluding carboxylic acids is 1. The van der Waals surface area contributed by atoms with Crippen molar-refractivity contribution in [1.82, 2.24) is 5.32 Å². The third kappa shape index (κ3) is 5.26. The number of aryl methyl sites for hydroxylation is 1. The van der Waals surface area contributed by atoms with Crippen molar-refractivity contribution in [3.63, 3.8) is 0 Å². The summed E-state index contributed by atoms with van der Waals surface area (Å²) in [5.74, 6) is 1.22. The first-order chi connectivity index (χ1) is 11.0. The number of hydrogen-bond donors (Lipinski definition) is 1. The van der Waals surface area contributed by atoms with Crippen molar-refractivity contribution in [2.45, 2.75) is 84.3 Å². The van der Waals surface area contributed by atoms with E-state index in [1.165, 1.54) is 25.7 Å². The van der Waals surface area contributed by atoms with E-state index in [1.54, 1.807) is 0 Å². The summed E-state index contributed by atoms with van der Waals surface area (Å²) < 4.78 is 6.01. The van der Waals surface area contributed by atoms with Gasteiger partial charge in [0.25, 0.3) is 5.91 Å². The number of benzene rings is 1. The Morgan fingerprint density at radius 1 is 1.13 bits per heavy atom. The molecule has 3 heteroatoms. The predicted octanol–water partition coefficient (Wildman–Crippen LogP) is 4.72. The number of hydrogen-bond acceptors (Lipinski definition) is 2. The van der Waals surface area contributed by atoms with E-state index in [-0.39, 0.29) is 5.91 Å². The number of amides is 1. The fourth-order valence-corrected chi connectivity index (χ4v) is 3.21. The van der Waals surface area contributed by atoms with Gasteiger partial charge in [-0.3, -0.25) is 4.79 Å². The Morgan fingerprint density at radius 2 is 1.78 bits per heavy atom. The Labute approximate surface area is 140 Å². The Kier molecular flexibility index (Phi) is 6.49. The van der Waals surface area contributed by atoms with E-state index in [1.807, 2.05) is 19.9 Å². The second-order valence-corrected chi connectivity index (χ2v) is 7.15. The summed E-state index contributed by atoms with van der Waals surface area (Å²) in [5.41, 5.74) is 2.31. The zero-order chi connectivity index (χ0) is 16.8. The second kappa shape index (κ2) is 8.37. The van der Waals surface area contributed by atoms with Gasteiger partial charge in [0.05, 0.1) is 0 Å². The maximum absolute atomic E-state index is 12.5. The van der Waals surface area contributed by atoms with Gasteiger partial charge >= 0.3 is 0 Å². The van der Waals surface area contributed by atoms with Gasteiger partial charge in [-0.1, -0.05) is 51.7 Å². The maximum Gasteiger partial charge on any atom is 0.260 e. The van der Waals surface area contributed by atoms with Gasteiger partial charge in [0.15, 0.2) is 6.10 Å². The first-order valence-electron chi connectivity index (χ1n) is 9.05. The van der Waals surface area contributed by atoms with Crippen LogP contribution < -0.4 is 10.1 Å². The quantitative estimate of drug-likeness (QED) is 0.798. The van der Waals surface area contributed by atoms with Gasteiger partial charge in [-0.25, -0.2) is 0 Å². The van der Waals surface area contributed by atoms with Crippen LogP contribution in [0.3, 0.4) is 0 Å². The van der Waals surface area contributed by atoms with Gasteiger partial charge in [0, 0.05) is 6.04 Å². The van der Waals surface area contributed by atoms with Crippen molar-refractivity contribution in [1.29, 1.82) is 0 Å². The molecule has 1 aliphatic rings. The summed E-state index contributed by atoms with van der Waals surface area (Å²) in [4.78, 5) is 12.5. The zero-order valence-corrected chi connectivity index (χ0v) is 15.0. The summed E-state index contributed by atoms with van der Waals surface area (Å²) in [7, 11) is 0. The van der Waals surface area contributed by atoms with E-state index in [0.717, 1.165) is 29.7 Å². The van der Waals surface area contributed by atoms with Crippen LogP contribution in [0.1, 0.15) is 76.3 Å². The number of ether oxygens (including phenoxy) is 1. The third-order valence-corrected chi connectivity index (χ3v) is 4.67. The lowest BCUT2D eigenvalue weighted by Gasteiger charge is -2.22. The average Bonchev–Trinajstić information content (AvgIpc) is 2.75. The van der Waals surface area contributed by atoms with E-state index < -0.39 is 6.10 Å². The van der Waals surface area contributed by atoms with Gasteiger partial charge in [-0.15, -0.1) is 0 Å². The third-order valence-electron chi connectivity index (χ3n) is 4.67. The molecule has 1 aromatic rings. The monoisotopic (exact) mass is 317 g/mol. The summed E-state index contributed by atoms with van der Waals surface area (Å²) in [6.45, 7) is 8.19. The van der Waals surface area contributed by atoms with Gasteiger partial charge < -0.3 is 10.1 Å². The molecule has 1 fully saturated rings. The first kappa shape index (κ1) is 17.8. The van der Waals surface area contributed by atoms with Gasteiger partial charge in [-0.05, 0) is 49.8 Å². The molecule has 0 unspecified atom stereocenters. The number of nitrogens with one attached hydrogen (secondary N) is 1. The zero-order valence-electron chi connectivity index (χ0n) is 15.0. The molecule has 2 rings (SSSR count). The van der Waals surface area contributed by atoms with Crippen molar-refractivity contribution < 1.29 is 9.53 Å². The fraction of sp³-hybridized carbons (Fsp3) is 0.650. The Balaban J connectivity index is 1.99. The standard InChI is InChI=1S/C20H31NO2/c1-14(2)18-12-11-15(3)13-19(18)23-16(4)20(22)21-17-9-7-5-6-8-10-17/h11-14,16-17H,5-10H2,1-4H3,(H,21,22)/t16-/m1/s1. The molecule has 23 heavy (non-hydrogen) atoms. The highest BCUT2D eigenvalue weighted by Crippen LogP contribution is 2.28. The van der Waals surface area contributed by atoms with E-state index >= 15 is 0 Å². The van der Waals surface area contributed by atoms with Crippen LogP contribution in [0.5, 0.6) is 5.75 Å². The molecule has 0 heterocycles. The molecular weight excluding hydrogens is 286 g/mol. The van der Waals surface area contributed by atoms with Gasteiger partial charge in [-0.2, -0.15) is 0 Å². The minimum absolute atomic E-state index is 0.00751. The van der Waals surface area contributed by atoms with Gasteiger partial charge in [0.1, 0.15) is 5.75 Å². The van der Waals surface area contributed by atoms with E-state index in [0.29, 0.717) is 12.0 Å². The van der Waals surface area contributed by atoms with Crippen LogP contribution >= 0.6 is 0 Å². The molecule has 3 nitrogen and oxygen atoms in total. The lowest BCUT2D eigenvalue weighted by Crippen LogP contribution is -2.42. The summed E-state index contributed by atoms with van der Waals surface area (Å²) in [6.07, 6.45) is 6.75. The van der Waals surface area contributed by atoms with Crippen molar-refractivity contribution in [2.75, 3.05) is 0 Å². The highest BCUT2D eigenvalue weighted by atomic mass is 16.5. The number of rotatable bonds is 5. The van der Waals surface area contributed by atoms with E-state index in [2.05, 4.69) is 31.3 Å². The van der Waals surface area contributed by atoms with Crippen LogP contribution in [0.25, 0.3) is 0 Å². The largest absolute Gasteiger partial charge is 0.481 e. The smallest absolute Gasteiger partial charge is 0.260 e. The molecule has 0 spiro atoms. The molecule has 1 atom stereocenters. The summed E-state index contributed by atoms with van der Waals surface area (Å²) in [5, 5.41) is 3.18. The second-order valence-electron chi connectivity index (χ2n) is 7.15. The molecule has 0 aliphatic heterocycles. The fourth-order valence-electron chi connectivity index (χ4n) is 3.21. The highest BCUT2D eigenvalue weighted by Gasteiger charge is 2.21. The van der Waals surface area contributed by atoms with Crippen LogP contribution in [0.4, 0.5) is 0 Å². The molecule has 1 amide bonds. The van der Waals surface area contributed by atoms with Crippen LogP contribution in [-0.2, 0) is 4.79 Å². The minimum Gasteiger partial charge on any atom is -0.481 e. The molecule has 0 radical (unpaired) electrons. The summed E-state index contributed by atoms with van der Waals surface area (Å²) >= 11 is 0. The van der Waals surface area contributed by atoms with E-state index in [4.69, 9.17) is 4.74 Å². The molecular formula is C20H31NO2. The van der Waals surface area contributed by atoms with Crippen LogP contribution in [0.15, 0.2) is 18.2 Å². The molecule has 1 saturated carbocycles. The van der Waals surface area contributed by atoms with Crippen molar-refractivity contribution in [2.24, 2.45) is 0 Å². The Hall–Kier alpha value is -1.51. The predicted molar refractivity (Wildman–Crippen MR) is 95.0 cm³/mol. The normalized spacial score (nSPS) is 17.6. The van der Waals surface area contributed by atoms with Crippen LogP contribution in [0, 0.1) is 6.92 Å². The first-order valence-corrected chi connectivity index (χ1v) is 9.05. The lowest BCUT2D eigenvalue weighted by molar-refractivity contribution is -0.128. The van der Waals surface area contributed by atoms with Crippen molar-refractivity contribution in [3.05, 3.63) is 29.3 Å². The van der Waals surface area contributed by atoms with E-state index in [9.17, 15) is 4.79 Å². The molecule has 1 N–H and O–H groups in total. The topological polar surface area (TPSA) is 38.3 Å². The van der Waals surface area contributed by atoms with Crippen molar-refractivity contribution >= 4 is 5.91 Å². The summed E-state index contributed by atoms with van der Waals surface area (Å²) in [6, 6.07) is 6.55. The molecule has 1 aliphatic carbocycles. The lowest BCUT2D eigenvalue weighted by atomic mass is 10.0. The molecule has 0 aromatic heterocycles. The molecule has 1 aromatic carbocycles. The molecule has 0 saturated heterocycles. The molecule has 0 bridgehead atoms. The Bertz CT molecular complexity index is 516. The van der Waals surface area contributed by atoms with Crippen LogP contribution in [-0.4, -0.2) is 18.1 Å². The minimum atomic E-state index is -0.461. The SMILES string of the molecule is Cc1ccc(C(C)C)c(O[C@H](C)C(=O)NC2CCCCCC2)c1. The van der Waals surface area contributed by atoms with Crippen molar-refractivity contribution in [3.8, 4) is 5.75 Å². The van der Waals surface area contributed by atoms with Gasteiger partial charge in [0.2, 0.25) is 0 Å². The average molecular weight is 317 g/mol.